The van der Waals surface area contributed by atoms with Gasteiger partial charge < -0.3 is 14.7 Å². The minimum absolute atomic E-state index is 0.0309. The molecule has 1 aliphatic heterocycles. The van der Waals surface area contributed by atoms with Crippen LogP contribution in [0.3, 0.4) is 0 Å². The Balaban J connectivity index is 1.45. The van der Waals surface area contributed by atoms with E-state index in [0.29, 0.717) is 30.8 Å². The number of hydrogen-bond acceptors (Lipinski definition) is 5. The van der Waals surface area contributed by atoms with Crippen molar-refractivity contribution < 1.29 is 19.4 Å². The Labute approximate surface area is 165 Å². The lowest BCUT2D eigenvalue weighted by atomic mass is 9.88. The number of rotatable bonds is 7. The summed E-state index contributed by atoms with van der Waals surface area (Å²) < 4.78 is 5.57. The highest BCUT2D eigenvalue weighted by Crippen LogP contribution is 2.30. The van der Waals surface area contributed by atoms with Crippen molar-refractivity contribution in [3.05, 3.63) is 59.9 Å². The van der Waals surface area contributed by atoms with E-state index in [4.69, 9.17) is 4.74 Å². The molecule has 1 fully saturated rings. The summed E-state index contributed by atoms with van der Waals surface area (Å²) in [6, 6.07) is 10.6. The van der Waals surface area contributed by atoms with E-state index in [9.17, 15) is 14.7 Å². The van der Waals surface area contributed by atoms with E-state index in [1.807, 2.05) is 19.1 Å². The smallest absolute Gasteiger partial charge is 0.260 e. The number of pyridine rings is 1. The average Bonchev–Trinajstić information content (AvgIpc) is 2.77. The van der Waals surface area contributed by atoms with Crippen LogP contribution in [-0.4, -0.2) is 46.4 Å². The van der Waals surface area contributed by atoms with Crippen molar-refractivity contribution in [1.29, 1.82) is 0 Å². The molecule has 148 valence electrons. The monoisotopic (exact) mass is 382 g/mol. The van der Waals surface area contributed by atoms with Crippen molar-refractivity contribution in [1.82, 2.24) is 9.88 Å². The van der Waals surface area contributed by atoms with Crippen LogP contribution in [0, 0.1) is 5.92 Å². The number of piperidine rings is 1. The highest BCUT2D eigenvalue weighted by Gasteiger charge is 2.28. The Hall–Kier alpha value is -2.73. The van der Waals surface area contributed by atoms with Crippen LogP contribution in [0.4, 0.5) is 0 Å². The molecular formula is C22H26N2O4. The van der Waals surface area contributed by atoms with Gasteiger partial charge in [-0.2, -0.15) is 0 Å². The first-order chi connectivity index (χ1) is 13.6. The van der Waals surface area contributed by atoms with Crippen LogP contribution in [0.2, 0.25) is 0 Å². The number of nitrogens with zero attached hydrogens (tertiary/aromatic N) is 2. The molecule has 1 amide bonds. The molecule has 0 radical (unpaired) electrons. The molecule has 0 saturated carbocycles. The molecule has 1 aromatic heterocycles. The lowest BCUT2D eigenvalue weighted by Gasteiger charge is -2.34. The van der Waals surface area contributed by atoms with Crippen molar-refractivity contribution in [2.24, 2.45) is 5.92 Å². The van der Waals surface area contributed by atoms with Gasteiger partial charge in [0.15, 0.2) is 12.4 Å². The number of likely N-dealkylation sites (tertiary alicyclic amines) is 1. The van der Waals surface area contributed by atoms with E-state index >= 15 is 0 Å². The molecule has 1 N–H and O–H groups in total. The third-order valence-electron chi connectivity index (χ3n) is 5.22. The van der Waals surface area contributed by atoms with Gasteiger partial charge in [0.1, 0.15) is 5.75 Å². The number of aromatic nitrogens is 1. The maximum absolute atomic E-state index is 12.4. The number of carbonyl (C=O) groups is 2. The van der Waals surface area contributed by atoms with E-state index in [1.54, 1.807) is 41.6 Å². The summed E-state index contributed by atoms with van der Waals surface area (Å²) in [4.78, 5) is 29.9. The third kappa shape index (κ3) is 4.95. The number of benzene rings is 1. The first kappa shape index (κ1) is 20.0. The maximum Gasteiger partial charge on any atom is 0.260 e. The molecule has 2 heterocycles. The summed E-state index contributed by atoms with van der Waals surface area (Å²) in [7, 11) is 0. The number of ketones is 1. The summed E-state index contributed by atoms with van der Waals surface area (Å²) in [6.45, 7) is 3.00. The molecule has 1 saturated heterocycles. The van der Waals surface area contributed by atoms with Crippen molar-refractivity contribution in [2.75, 3.05) is 19.7 Å². The van der Waals surface area contributed by atoms with Gasteiger partial charge >= 0.3 is 0 Å². The predicted molar refractivity (Wildman–Crippen MR) is 105 cm³/mol. The number of carbonyl (C=O) groups excluding carboxylic acids is 2. The normalized spacial score (nSPS) is 15.9. The van der Waals surface area contributed by atoms with Crippen LogP contribution in [-0.2, 0) is 4.79 Å². The lowest BCUT2D eigenvalue weighted by Crippen LogP contribution is -2.42. The summed E-state index contributed by atoms with van der Waals surface area (Å²) >= 11 is 0. The zero-order chi connectivity index (χ0) is 19.9. The molecule has 0 bridgehead atoms. The van der Waals surface area contributed by atoms with Crippen LogP contribution < -0.4 is 4.74 Å². The molecule has 1 atom stereocenters. The number of hydrogen-bond donors (Lipinski definition) is 1. The topological polar surface area (TPSA) is 79.7 Å². The van der Waals surface area contributed by atoms with Crippen molar-refractivity contribution in [2.45, 2.75) is 32.3 Å². The fourth-order valence-electron chi connectivity index (χ4n) is 3.47. The second kappa shape index (κ2) is 9.46. The summed E-state index contributed by atoms with van der Waals surface area (Å²) in [5.74, 6) is 0.711. The van der Waals surface area contributed by atoms with E-state index in [1.165, 1.54) is 0 Å². The third-order valence-corrected chi connectivity index (χ3v) is 5.22. The Bertz CT molecular complexity index is 784. The quantitative estimate of drug-likeness (QED) is 0.745. The van der Waals surface area contributed by atoms with E-state index in [-0.39, 0.29) is 24.2 Å². The highest BCUT2D eigenvalue weighted by atomic mass is 16.5. The molecule has 0 unspecified atom stereocenters. The van der Waals surface area contributed by atoms with Crippen molar-refractivity contribution in [3.8, 4) is 5.75 Å². The van der Waals surface area contributed by atoms with Crippen LogP contribution in [0.25, 0.3) is 0 Å². The summed E-state index contributed by atoms with van der Waals surface area (Å²) in [5.41, 5.74) is 1.47. The number of ether oxygens (including phenoxy) is 1. The highest BCUT2D eigenvalue weighted by molar-refractivity contribution is 5.95. The number of aliphatic hydroxyl groups is 1. The molecule has 1 aromatic carbocycles. The fourth-order valence-corrected chi connectivity index (χ4v) is 3.47. The zero-order valence-corrected chi connectivity index (χ0v) is 16.1. The van der Waals surface area contributed by atoms with E-state index in [2.05, 4.69) is 4.98 Å². The fraction of sp³-hybridized carbons (Fsp3) is 0.409. The van der Waals surface area contributed by atoms with Gasteiger partial charge in [-0.3, -0.25) is 14.6 Å². The molecule has 6 heteroatoms. The Morgan fingerprint density at radius 2 is 1.93 bits per heavy atom. The van der Waals surface area contributed by atoms with Gasteiger partial charge in [0, 0.05) is 37.5 Å². The van der Waals surface area contributed by atoms with Crippen LogP contribution in [0.15, 0.2) is 48.8 Å². The minimum atomic E-state index is -0.549. The molecule has 0 aliphatic carbocycles. The van der Waals surface area contributed by atoms with Gasteiger partial charge in [-0.25, -0.2) is 0 Å². The van der Waals surface area contributed by atoms with E-state index in [0.717, 1.165) is 18.4 Å². The number of Topliss-reactive ketones (excluding diaryl/α,β-unsaturated/α-hetero) is 1. The molecule has 6 nitrogen and oxygen atoms in total. The molecular weight excluding hydrogens is 356 g/mol. The Kier molecular flexibility index (Phi) is 6.76. The van der Waals surface area contributed by atoms with Gasteiger partial charge in [-0.15, -0.1) is 0 Å². The minimum Gasteiger partial charge on any atom is -0.484 e. The van der Waals surface area contributed by atoms with Gasteiger partial charge in [0.2, 0.25) is 0 Å². The second-order valence-corrected chi connectivity index (χ2v) is 7.04. The van der Waals surface area contributed by atoms with E-state index < -0.39 is 6.10 Å². The SMILES string of the molecule is CCC(=O)c1ccc(OCC(=O)N2CCC([C@H](O)c3cccnc3)CC2)cc1. The molecule has 0 spiro atoms. The van der Waals surface area contributed by atoms with Crippen LogP contribution >= 0.6 is 0 Å². The average molecular weight is 382 g/mol. The molecule has 28 heavy (non-hydrogen) atoms. The van der Waals surface area contributed by atoms with Crippen LogP contribution in [0.1, 0.15) is 48.2 Å². The molecule has 3 rings (SSSR count). The van der Waals surface area contributed by atoms with Crippen molar-refractivity contribution >= 4 is 11.7 Å². The standard InChI is InChI=1S/C22H26N2O4/c1-2-20(25)16-5-7-19(8-6-16)28-15-21(26)24-12-9-17(10-13-24)22(27)18-4-3-11-23-14-18/h3-8,11,14,17,22,27H,2,9-10,12-13,15H2,1H3/t22-/m0/s1. The zero-order valence-electron chi connectivity index (χ0n) is 16.1. The maximum atomic E-state index is 12.4. The second-order valence-electron chi connectivity index (χ2n) is 7.04. The summed E-state index contributed by atoms with van der Waals surface area (Å²) in [6.07, 6.45) is 4.78. The molecule has 2 aromatic rings. The number of aliphatic hydroxyl groups excluding tert-OH is 1. The van der Waals surface area contributed by atoms with Gasteiger partial charge in [0.25, 0.3) is 5.91 Å². The first-order valence-corrected chi connectivity index (χ1v) is 9.70. The first-order valence-electron chi connectivity index (χ1n) is 9.70. The van der Waals surface area contributed by atoms with Gasteiger partial charge in [-0.1, -0.05) is 13.0 Å². The van der Waals surface area contributed by atoms with Crippen LogP contribution in [0.5, 0.6) is 5.75 Å². The Morgan fingerprint density at radius 3 is 2.54 bits per heavy atom. The summed E-state index contributed by atoms with van der Waals surface area (Å²) in [5, 5.41) is 10.5. The Morgan fingerprint density at radius 1 is 1.21 bits per heavy atom. The van der Waals surface area contributed by atoms with Gasteiger partial charge in [0.05, 0.1) is 6.10 Å². The number of amides is 1. The van der Waals surface area contributed by atoms with Gasteiger partial charge in [-0.05, 0) is 54.7 Å². The largest absolute Gasteiger partial charge is 0.484 e. The van der Waals surface area contributed by atoms with Crippen molar-refractivity contribution in [3.63, 3.8) is 0 Å². The molecule has 1 aliphatic rings. The lowest BCUT2D eigenvalue weighted by molar-refractivity contribution is -0.135. The predicted octanol–water partition coefficient (Wildman–Crippen LogP) is 3.03.